The maximum Gasteiger partial charge on any atom is 0.344 e. The molecule has 0 unspecified atom stereocenters. The number of para-hydroxylation sites is 1. The second-order valence-corrected chi connectivity index (χ2v) is 6.26. The average molecular weight is 331 g/mol. The van der Waals surface area contributed by atoms with Crippen molar-refractivity contribution >= 4 is 17.8 Å². The molecule has 0 radical (unpaired) electrons. The number of hydrogen-bond acceptors (Lipinski definition) is 4. The minimum absolute atomic E-state index is 0.382. The van der Waals surface area contributed by atoms with Gasteiger partial charge in [0.1, 0.15) is 11.3 Å². The van der Waals surface area contributed by atoms with Crippen LogP contribution in [-0.2, 0) is 9.59 Å². The van der Waals surface area contributed by atoms with Gasteiger partial charge in [0.2, 0.25) is 0 Å². The predicted octanol–water partition coefficient (Wildman–Crippen LogP) is 1.74. The molecule has 2 fully saturated rings. The molecule has 128 valence electrons. The van der Waals surface area contributed by atoms with Crippen molar-refractivity contribution in [3.05, 3.63) is 30.3 Å². The highest BCUT2D eigenvalue weighted by Gasteiger charge is 2.52. The summed E-state index contributed by atoms with van der Waals surface area (Å²) in [7, 11) is 0. The Morgan fingerprint density at radius 3 is 2.54 bits per heavy atom. The number of benzene rings is 1. The molecule has 24 heavy (non-hydrogen) atoms. The third kappa shape index (κ3) is 3.06. The van der Waals surface area contributed by atoms with Crippen molar-refractivity contribution in [1.82, 2.24) is 15.8 Å². The van der Waals surface area contributed by atoms with E-state index in [1.54, 1.807) is 31.2 Å². The first-order chi connectivity index (χ1) is 11.5. The molecule has 4 amide bonds. The Kier molecular flexibility index (Phi) is 4.42. The van der Waals surface area contributed by atoms with Crippen molar-refractivity contribution in [2.24, 2.45) is 0 Å². The molecule has 1 aromatic rings. The summed E-state index contributed by atoms with van der Waals surface area (Å²) in [5.74, 6) is -0.385. The van der Waals surface area contributed by atoms with E-state index in [0.29, 0.717) is 18.6 Å². The minimum atomic E-state index is -0.855. The molecule has 2 aliphatic rings. The maximum atomic E-state index is 12.6. The molecule has 1 heterocycles. The van der Waals surface area contributed by atoms with E-state index in [4.69, 9.17) is 4.74 Å². The Balaban J connectivity index is 1.63. The molecular formula is C17H21N3O4. The van der Waals surface area contributed by atoms with Gasteiger partial charge in [0.25, 0.3) is 11.8 Å². The van der Waals surface area contributed by atoms with Crippen LogP contribution >= 0.6 is 0 Å². The molecule has 1 saturated heterocycles. The number of imide groups is 1. The van der Waals surface area contributed by atoms with E-state index < -0.39 is 23.6 Å². The summed E-state index contributed by atoms with van der Waals surface area (Å²) in [6.07, 6.45) is 3.22. The van der Waals surface area contributed by atoms with Crippen molar-refractivity contribution in [2.75, 3.05) is 0 Å². The number of ether oxygens (including phenoxy) is 1. The highest BCUT2D eigenvalue weighted by Crippen LogP contribution is 2.33. The quantitative estimate of drug-likeness (QED) is 0.823. The summed E-state index contributed by atoms with van der Waals surface area (Å²) in [5.41, 5.74) is 1.52. The van der Waals surface area contributed by atoms with Crippen LogP contribution < -0.4 is 15.5 Å². The number of nitrogens with zero attached hydrogens (tertiary/aromatic N) is 1. The molecule has 7 nitrogen and oxygen atoms in total. The van der Waals surface area contributed by atoms with Gasteiger partial charge in [-0.15, -0.1) is 0 Å². The van der Waals surface area contributed by atoms with Crippen molar-refractivity contribution in [2.45, 2.75) is 50.7 Å². The van der Waals surface area contributed by atoms with Crippen molar-refractivity contribution in [3.8, 4) is 5.75 Å². The molecule has 1 aliphatic carbocycles. The predicted molar refractivity (Wildman–Crippen MR) is 85.9 cm³/mol. The van der Waals surface area contributed by atoms with Crippen LogP contribution in [0, 0.1) is 0 Å². The van der Waals surface area contributed by atoms with Gasteiger partial charge in [-0.1, -0.05) is 37.5 Å². The minimum Gasteiger partial charge on any atom is -0.481 e. The Labute approximate surface area is 140 Å². The van der Waals surface area contributed by atoms with E-state index in [-0.39, 0.29) is 5.91 Å². The third-order valence-electron chi connectivity index (χ3n) is 4.52. The zero-order chi connectivity index (χ0) is 17.2. The lowest BCUT2D eigenvalue weighted by Crippen LogP contribution is -2.53. The molecule has 1 atom stereocenters. The Morgan fingerprint density at radius 1 is 1.21 bits per heavy atom. The highest BCUT2D eigenvalue weighted by molar-refractivity contribution is 6.08. The van der Waals surface area contributed by atoms with Crippen LogP contribution in [0.15, 0.2) is 30.3 Å². The number of nitrogens with one attached hydrogen (secondary N) is 2. The lowest BCUT2D eigenvalue weighted by atomic mass is 9.82. The highest BCUT2D eigenvalue weighted by atomic mass is 16.5. The average Bonchev–Trinajstić information content (AvgIpc) is 2.80. The normalized spacial score (nSPS) is 20.6. The van der Waals surface area contributed by atoms with Gasteiger partial charge in [0.05, 0.1) is 0 Å². The van der Waals surface area contributed by atoms with Crippen LogP contribution in [0.4, 0.5) is 4.79 Å². The van der Waals surface area contributed by atoms with E-state index in [2.05, 4.69) is 10.7 Å². The SMILES string of the molecule is C[C@@H](Oc1ccccc1)C(=O)NN1C(=O)NC2(CCCCC2)C1=O. The van der Waals surface area contributed by atoms with E-state index >= 15 is 0 Å². The molecule has 7 heteroatoms. The zero-order valence-corrected chi connectivity index (χ0v) is 13.6. The number of hydrazine groups is 1. The van der Waals surface area contributed by atoms with Gasteiger partial charge in [-0.3, -0.25) is 15.0 Å². The second-order valence-electron chi connectivity index (χ2n) is 6.26. The van der Waals surface area contributed by atoms with Gasteiger partial charge >= 0.3 is 6.03 Å². The van der Waals surface area contributed by atoms with Crippen LogP contribution in [0.25, 0.3) is 0 Å². The molecule has 1 saturated carbocycles. The summed E-state index contributed by atoms with van der Waals surface area (Å²) < 4.78 is 5.51. The molecule has 3 rings (SSSR count). The fourth-order valence-electron chi connectivity index (χ4n) is 3.17. The number of carbonyl (C=O) groups is 3. The third-order valence-corrected chi connectivity index (χ3v) is 4.52. The molecule has 1 spiro atoms. The van der Waals surface area contributed by atoms with E-state index in [9.17, 15) is 14.4 Å². The molecule has 2 N–H and O–H groups in total. The first-order valence-corrected chi connectivity index (χ1v) is 8.21. The molecule has 0 bridgehead atoms. The Morgan fingerprint density at radius 2 is 1.88 bits per heavy atom. The fourth-order valence-corrected chi connectivity index (χ4v) is 3.17. The number of hydrogen-bond donors (Lipinski definition) is 2. The van der Waals surface area contributed by atoms with Gasteiger partial charge in [0.15, 0.2) is 6.10 Å². The summed E-state index contributed by atoms with van der Waals surface area (Å²) in [6.45, 7) is 1.57. The topological polar surface area (TPSA) is 87.7 Å². The number of urea groups is 1. The van der Waals surface area contributed by atoms with Crippen LogP contribution in [-0.4, -0.2) is 34.5 Å². The molecule has 1 aromatic carbocycles. The first kappa shape index (κ1) is 16.3. The molecule has 0 aromatic heterocycles. The summed E-state index contributed by atoms with van der Waals surface area (Å²) >= 11 is 0. The summed E-state index contributed by atoms with van der Waals surface area (Å²) in [5, 5.41) is 3.54. The van der Waals surface area contributed by atoms with Gasteiger partial charge in [-0.05, 0) is 31.9 Å². The first-order valence-electron chi connectivity index (χ1n) is 8.21. The van der Waals surface area contributed by atoms with Gasteiger partial charge in [0, 0.05) is 0 Å². The molecular weight excluding hydrogens is 310 g/mol. The van der Waals surface area contributed by atoms with Crippen molar-refractivity contribution in [1.29, 1.82) is 0 Å². The van der Waals surface area contributed by atoms with Crippen LogP contribution in [0.3, 0.4) is 0 Å². The van der Waals surface area contributed by atoms with Crippen LogP contribution in [0.5, 0.6) is 5.75 Å². The van der Waals surface area contributed by atoms with Crippen molar-refractivity contribution in [3.63, 3.8) is 0 Å². The standard InChI is InChI=1S/C17H21N3O4/c1-12(24-13-8-4-2-5-9-13)14(21)19-20-15(22)17(18-16(20)23)10-6-3-7-11-17/h2,4-5,8-9,12H,3,6-7,10-11H2,1H3,(H,18,23)(H,19,21)/t12-/m1/s1. The summed E-state index contributed by atoms with van der Waals surface area (Å²) in [6, 6.07) is 8.31. The van der Waals surface area contributed by atoms with Crippen LogP contribution in [0.2, 0.25) is 0 Å². The number of rotatable bonds is 4. The zero-order valence-electron chi connectivity index (χ0n) is 13.6. The lowest BCUT2D eigenvalue weighted by Gasteiger charge is -2.30. The van der Waals surface area contributed by atoms with Crippen molar-refractivity contribution < 1.29 is 19.1 Å². The maximum absolute atomic E-state index is 12.6. The van der Waals surface area contributed by atoms with E-state index in [1.807, 2.05) is 6.07 Å². The lowest BCUT2D eigenvalue weighted by molar-refractivity contribution is -0.142. The number of carbonyl (C=O) groups excluding carboxylic acids is 3. The molecule has 1 aliphatic heterocycles. The smallest absolute Gasteiger partial charge is 0.344 e. The Bertz CT molecular complexity index is 640. The van der Waals surface area contributed by atoms with Crippen LogP contribution in [0.1, 0.15) is 39.0 Å². The van der Waals surface area contributed by atoms with E-state index in [0.717, 1.165) is 24.3 Å². The number of amides is 4. The summed E-state index contributed by atoms with van der Waals surface area (Å²) in [4.78, 5) is 37.0. The fraction of sp³-hybridized carbons (Fsp3) is 0.471. The largest absolute Gasteiger partial charge is 0.481 e. The van der Waals surface area contributed by atoms with Gasteiger partial charge in [-0.2, -0.15) is 5.01 Å². The van der Waals surface area contributed by atoms with Gasteiger partial charge < -0.3 is 10.1 Å². The Hall–Kier alpha value is -2.57. The monoisotopic (exact) mass is 331 g/mol. The van der Waals surface area contributed by atoms with E-state index in [1.165, 1.54) is 0 Å². The van der Waals surface area contributed by atoms with Gasteiger partial charge in [-0.25, -0.2) is 4.79 Å². The second kappa shape index (κ2) is 6.51.